The molecule has 0 aromatic rings. The van der Waals surface area contributed by atoms with Crippen molar-refractivity contribution in [3.8, 4) is 0 Å². The van der Waals surface area contributed by atoms with Gasteiger partial charge in [-0.15, -0.1) is 0 Å². The van der Waals surface area contributed by atoms with Crippen LogP contribution in [0.4, 0.5) is 0 Å². The van der Waals surface area contributed by atoms with Crippen LogP contribution in [0.5, 0.6) is 0 Å². The van der Waals surface area contributed by atoms with Crippen molar-refractivity contribution in [1.82, 2.24) is 5.32 Å². The largest absolute Gasteiger partial charge is 0.391 e. The molecule has 1 fully saturated rings. The van der Waals surface area contributed by atoms with Crippen molar-refractivity contribution in [3.05, 3.63) is 0 Å². The number of aliphatic hydroxyl groups is 1. The monoisotopic (exact) mass is 131 g/mol. The van der Waals surface area contributed by atoms with Crippen molar-refractivity contribution in [3.63, 3.8) is 0 Å². The molecule has 0 radical (unpaired) electrons. The molecule has 3 heteroatoms. The van der Waals surface area contributed by atoms with Crippen LogP contribution in [-0.4, -0.2) is 37.0 Å². The summed E-state index contributed by atoms with van der Waals surface area (Å²) in [6.45, 7) is 4.15. The van der Waals surface area contributed by atoms with E-state index in [0.717, 1.165) is 19.7 Å². The van der Waals surface area contributed by atoms with E-state index in [2.05, 4.69) is 5.32 Å². The summed E-state index contributed by atoms with van der Waals surface area (Å²) in [5.74, 6) is 0. The molecule has 2 atom stereocenters. The second kappa shape index (κ2) is 3.15. The van der Waals surface area contributed by atoms with E-state index < -0.39 is 0 Å². The summed E-state index contributed by atoms with van der Waals surface area (Å²) >= 11 is 0. The molecule has 1 heterocycles. The number of aliphatic hydroxyl groups excluding tert-OH is 1. The highest BCUT2D eigenvalue weighted by molar-refractivity contribution is 4.71. The average molecular weight is 131 g/mol. The van der Waals surface area contributed by atoms with E-state index >= 15 is 0 Å². The zero-order valence-corrected chi connectivity index (χ0v) is 5.63. The van der Waals surface area contributed by atoms with Gasteiger partial charge in [0.2, 0.25) is 0 Å². The van der Waals surface area contributed by atoms with E-state index in [1.54, 1.807) is 6.92 Å². The molecule has 1 saturated heterocycles. The van der Waals surface area contributed by atoms with Gasteiger partial charge in [0.05, 0.1) is 18.8 Å². The Morgan fingerprint density at radius 3 is 2.89 bits per heavy atom. The lowest BCUT2D eigenvalue weighted by atomic mass is 10.2. The first kappa shape index (κ1) is 6.99. The van der Waals surface area contributed by atoms with Crippen molar-refractivity contribution in [2.24, 2.45) is 0 Å². The minimum atomic E-state index is -0.349. The molecule has 0 spiro atoms. The molecular formula is C6H13NO2. The molecule has 0 aromatic carbocycles. The van der Waals surface area contributed by atoms with E-state index in [0.29, 0.717) is 0 Å². The van der Waals surface area contributed by atoms with E-state index in [-0.39, 0.29) is 12.2 Å². The smallest absolute Gasteiger partial charge is 0.0955 e. The summed E-state index contributed by atoms with van der Waals surface area (Å²) < 4.78 is 5.23. The van der Waals surface area contributed by atoms with Crippen molar-refractivity contribution in [2.45, 2.75) is 19.1 Å². The number of nitrogens with one attached hydrogen (secondary N) is 1. The molecule has 1 aliphatic heterocycles. The Bertz CT molecular complexity index is 79.1. The SMILES string of the molecule is C[C@H](O)[C@@H]1CNCCO1. The van der Waals surface area contributed by atoms with Gasteiger partial charge < -0.3 is 15.2 Å². The van der Waals surface area contributed by atoms with Gasteiger partial charge in [-0.1, -0.05) is 0 Å². The zero-order valence-electron chi connectivity index (χ0n) is 5.63. The molecular weight excluding hydrogens is 118 g/mol. The maximum Gasteiger partial charge on any atom is 0.0955 e. The van der Waals surface area contributed by atoms with Crippen LogP contribution in [0.15, 0.2) is 0 Å². The normalized spacial score (nSPS) is 32.0. The molecule has 0 aromatic heterocycles. The topological polar surface area (TPSA) is 41.5 Å². The fourth-order valence-electron chi connectivity index (χ4n) is 0.896. The van der Waals surface area contributed by atoms with Crippen molar-refractivity contribution >= 4 is 0 Å². The Labute approximate surface area is 55.0 Å². The molecule has 2 N–H and O–H groups in total. The summed E-state index contributed by atoms with van der Waals surface area (Å²) in [6, 6.07) is 0. The number of ether oxygens (including phenoxy) is 1. The Morgan fingerprint density at radius 2 is 2.56 bits per heavy atom. The van der Waals surface area contributed by atoms with Crippen molar-refractivity contribution in [2.75, 3.05) is 19.7 Å². The van der Waals surface area contributed by atoms with Crippen molar-refractivity contribution in [1.29, 1.82) is 0 Å². The highest BCUT2D eigenvalue weighted by Crippen LogP contribution is 2.00. The maximum atomic E-state index is 9.01. The molecule has 54 valence electrons. The van der Waals surface area contributed by atoms with Crippen LogP contribution in [0.2, 0.25) is 0 Å². The van der Waals surface area contributed by atoms with Crippen LogP contribution in [0.1, 0.15) is 6.92 Å². The lowest BCUT2D eigenvalue weighted by molar-refractivity contribution is -0.0445. The zero-order chi connectivity index (χ0) is 6.69. The summed E-state index contributed by atoms with van der Waals surface area (Å²) in [5, 5.41) is 12.1. The molecule has 0 amide bonds. The summed E-state index contributed by atoms with van der Waals surface area (Å²) in [7, 11) is 0. The number of morpholine rings is 1. The highest BCUT2D eigenvalue weighted by atomic mass is 16.5. The van der Waals surface area contributed by atoms with Gasteiger partial charge in [-0.05, 0) is 6.92 Å². The Kier molecular flexibility index (Phi) is 2.45. The van der Waals surface area contributed by atoms with Crippen LogP contribution < -0.4 is 5.32 Å². The third kappa shape index (κ3) is 1.93. The molecule has 0 bridgehead atoms. The van der Waals surface area contributed by atoms with Gasteiger partial charge in [0.25, 0.3) is 0 Å². The van der Waals surface area contributed by atoms with Gasteiger partial charge >= 0.3 is 0 Å². The minimum Gasteiger partial charge on any atom is -0.391 e. The summed E-state index contributed by atoms with van der Waals surface area (Å²) in [5.41, 5.74) is 0. The Hall–Kier alpha value is -0.120. The van der Waals surface area contributed by atoms with Crippen LogP contribution in [-0.2, 0) is 4.74 Å². The fourth-order valence-corrected chi connectivity index (χ4v) is 0.896. The van der Waals surface area contributed by atoms with Gasteiger partial charge in [0.15, 0.2) is 0 Å². The first-order chi connectivity index (χ1) is 4.30. The Balaban J connectivity index is 2.23. The van der Waals surface area contributed by atoms with Gasteiger partial charge in [0.1, 0.15) is 0 Å². The quantitative estimate of drug-likeness (QED) is 0.497. The highest BCUT2D eigenvalue weighted by Gasteiger charge is 2.17. The van der Waals surface area contributed by atoms with E-state index in [9.17, 15) is 0 Å². The van der Waals surface area contributed by atoms with Crippen LogP contribution in [0.25, 0.3) is 0 Å². The van der Waals surface area contributed by atoms with E-state index in [1.165, 1.54) is 0 Å². The van der Waals surface area contributed by atoms with E-state index in [1.807, 2.05) is 0 Å². The third-order valence-electron chi connectivity index (χ3n) is 1.49. The number of hydrogen-bond acceptors (Lipinski definition) is 3. The van der Waals surface area contributed by atoms with Crippen LogP contribution in [0, 0.1) is 0 Å². The number of rotatable bonds is 1. The van der Waals surface area contributed by atoms with Crippen LogP contribution >= 0.6 is 0 Å². The molecule has 1 aliphatic rings. The average Bonchev–Trinajstić information content (AvgIpc) is 1.90. The second-order valence-corrected chi connectivity index (χ2v) is 2.35. The minimum absolute atomic E-state index is 0.00116. The summed E-state index contributed by atoms with van der Waals surface area (Å²) in [6.07, 6.45) is -0.350. The van der Waals surface area contributed by atoms with Crippen LogP contribution in [0.3, 0.4) is 0 Å². The third-order valence-corrected chi connectivity index (χ3v) is 1.49. The summed E-state index contributed by atoms with van der Waals surface area (Å²) in [4.78, 5) is 0. The standard InChI is InChI=1S/C6H13NO2/c1-5(8)6-4-7-2-3-9-6/h5-8H,2-4H2,1H3/t5-,6-/m0/s1. The van der Waals surface area contributed by atoms with Crippen molar-refractivity contribution < 1.29 is 9.84 Å². The molecule has 3 nitrogen and oxygen atoms in total. The Morgan fingerprint density at radius 1 is 1.78 bits per heavy atom. The van der Waals surface area contributed by atoms with Gasteiger partial charge in [-0.3, -0.25) is 0 Å². The molecule has 0 saturated carbocycles. The molecule has 9 heavy (non-hydrogen) atoms. The second-order valence-electron chi connectivity index (χ2n) is 2.35. The molecule has 1 rings (SSSR count). The first-order valence-corrected chi connectivity index (χ1v) is 3.31. The predicted molar refractivity (Wildman–Crippen MR) is 34.3 cm³/mol. The van der Waals surface area contributed by atoms with Gasteiger partial charge in [-0.25, -0.2) is 0 Å². The first-order valence-electron chi connectivity index (χ1n) is 3.31. The van der Waals surface area contributed by atoms with Gasteiger partial charge in [0, 0.05) is 13.1 Å². The van der Waals surface area contributed by atoms with Gasteiger partial charge in [-0.2, -0.15) is 0 Å². The molecule has 0 unspecified atom stereocenters. The predicted octanol–water partition coefficient (Wildman–Crippen LogP) is -0.644. The lowest BCUT2D eigenvalue weighted by Gasteiger charge is -2.25. The lowest BCUT2D eigenvalue weighted by Crippen LogP contribution is -2.43. The number of hydrogen-bond donors (Lipinski definition) is 2. The fraction of sp³-hybridized carbons (Fsp3) is 1.00. The van der Waals surface area contributed by atoms with E-state index in [4.69, 9.17) is 9.84 Å². The maximum absolute atomic E-state index is 9.01. The molecule has 0 aliphatic carbocycles.